The summed E-state index contributed by atoms with van der Waals surface area (Å²) >= 11 is 0. The second kappa shape index (κ2) is 4.72. The van der Waals surface area contributed by atoms with Gasteiger partial charge in [0, 0.05) is 13.8 Å². The zero-order valence-electron chi connectivity index (χ0n) is 14.1. The zero-order valence-corrected chi connectivity index (χ0v) is 14.1. The summed E-state index contributed by atoms with van der Waals surface area (Å²) in [6.07, 6.45) is 0. The number of esters is 1. The smallest absolute Gasteiger partial charge is 0.432 e. The van der Waals surface area contributed by atoms with E-state index in [4.69, 9.17) is 23.4 Å². The van der Waals surface area contributed by atoms with E-state index in [0.29, 0.717) is 0 Å². The van der Waals surface area contributed by atoms with Gasteiger partial charge >= 0.3 is 20.0 Å². The molecule has 0 aromatic rings. The van der Waals surface area contributed by atoms with E-state index in [1.807, 2.05) is 27.7 Å². The van der Waals surface area contributed by atoms with Crippen molar-refractivity contribution in [3.05, 3.63) is 0 Å². The summed E-state index contributed by atoms with van der Waals surface area (Å²) in [6.45, 7) is 14.5. The molecule has 0 radical (unpaired) electrons. The van der Waals surface area contributed by atoms with Crippen LogP contribution in [0.4, 0.5) is 0 Å². The molecule has 118 valence electrons. The van der Waals surface area contributed by atoms with Gasteiger partial charge in [-0.2, -0.15) is 0 Å². The normalized spacial score (nSPS) is 33.3. The van der Waals surface area contributed by atoms with E-state index in [-0.39, 0.29) is 0 Å². The molecule has 8 heteroatoms. The van der Waals surface area contributed by atoms with Crippen LogP contribution in [0.25, 0.3) is 0 Å². The van der Waals surface area contributed by atoms with Gasteiger partial charge in [0.1, 0.15) is 5.60 Å². The van der Waals surface area contributed by atoms with Crippen LogP contribution in [0.3, 0.4) is 0 Å². The minimum atomic E-state index is -1.19. The third kappa shape index (κ3) is 2.74. The highest BCUT2D eigenvalue weighted by molar-refractivity contribution is 7.11. The van der Waals surface area contributed by atoms with Gasteiger partial charge in [-0.3, -0.25) is 4.79 Å². The van der Waals surface area contributed by atoms with Crippen LogP contribution >= 0.6 is 0 Å². The monoisotopic (exact) mass is 298 g/mol. The Bertz CT molecular complexity index is 434. The highest BCUT2D eigenvalue weighted by Crippen LogP contribution is 2.43. The van der Waals surface area contributed by atoms with Gasteiger partial charge in [0.2, 0.25) is 5.79 Å². The van der Waals surface area contributed by atoms with E-state index in [9.17, 15) is 4.79 Å². The summed E-state index contributed by atoms with van der Waals surface area (Å²) in [6, 6.07) is 0. The first-order valence-corrected chi connectivity index (χ1v) is 7.21. The standard InChI is InChI=1S/C13H24B2O6/c1-9(16)17-13(8)12(6,7)20-15(21-13)14-18-10(2,3)11(4,5)19-14/h1-8H3. The summed E-state index contributed by atoms with van der Waals surface area (Å²) in [5.74, 6) is -1.61. The summed E-state index contributed by atoms with van der Waals surface area (Å²) in [5, 5.41) is 0. The molecule has 0 N–H and O–H groups in total. The molecule has 0 aromatic heterocycles. The molecule has 1 unspecified atom stereocenters. The first-order chi connectivity index (χ1) is 9.30. The van der Waals surface area contributed by atoms with Crippen LogP contribution in [0.2, 0.25) is 0 Å². The van der Waals surface area contributed by atoms with E-state index in [0.717, 1.165) is 0 Å². The molecule has 0 amide bonds. The maximum absolute atomic E-state index is 11.3. The van der Waals surface area contributed by atoms with Gasteiger partial charge in [-0.25, -0.2) is 0 Å². The molecule has 0 bridgehead atoms. The van der Waals surface area contributed by atoms with Crippen LogP contribution in [-0.2, 0) is 28.1 Å². The van der Waals surface area contributed by atoms with Gasteiger partial charge in [0.05, 0.1) is 11.2 Å². The van der Waals surface area contributed by atoms with Crippen molar-refractivity contribution >= 4 is 20.0 Å². The van der Waals surface area contributed by atoms with Gasteiger partial charge in [-0.05, 0) is 41.5 Å². The number of ether oxygens (including phenoxy) is 1. The molecule has 0 aromatic carbocycles. The lowest BCUT2D eigenvalue weighted by atomic mass is 9.49. The molecule has 2 rings (SSSR count). The molecule has 1 atom stereocenters. The summed E-state index contributed by atoms with van der Waals surface area (Å²) < 4.78 is 28.9. The SMILES string of the molecule is CC(=O)OC1(C)OB(B2OC(C)(C)C(C)(C)O2)OC1(C)C. The van der Waals surface area contributed by atoms with Gasteiger partial charge in [0.15, 0.2) is 0 Å². The van der Waals surface area contributed by atoms with Crippen LogP contribution in [0.1, 0.15) is 55.4 Å². The second-order valence-electron chi connectivity index (χ2n) is 7.28. The lowest BCUT2D eigenvalue weighted by Crippen LogP contribution is -2.48. The minimum absolute atomic E-state index is 0.427. The van der Waals surface area contributed by atoms with E-state index in [1.165, 1.54) is 6.92 Å². The Morgan fingerprint density at radius 3 is 1.57 bits per heavy atom. The molecule has 0 aliphatic carbocycles. The van der Waals surface area contributed by atoms with Crippen molar-refractivity contribution in [3.63, 3.8) is 0 Å². The Balaban J connectivity index is 2.17. The fourth-order valence-electron chi connectivity index (χ4n) is 2.32. The largest absolute Gasteiger partial charge is 0.491 e. The lowest BCUT2D eigenvalue weighted by molar-refractivity contribution is -0.215. The van der Waals surface area contributed by atoms with Gasteiger partial charge in [0.25, 0.3) is 0 Å². The van der Waals surface area contributed by atoms with Gasteiger partial charge in [-0.1, -0.05) is 0 Å². The van der Waals surface area contributed by atoms with Crippen molar-refractivity contribution in [2.24, 2.45) is 0 Å². The molecular formula is C13H24B2O6. The molecule has 2 aliphatic rings. The van der Waals surface area contributed by atoms with Crippen molar-refractivity contribution in [2.75, 3.05) is 0 Å². The van der Waals surface area contributed by atoms with Gasteiger partial charge in [-0.15, -0.1) is 0 Å². The Kier molecular flexibility index (Phi) is 3.77. The van der Waals surface area contributed by atoms with Crippen LogP contribution in [0.15, 0.2) is 0 Å². The van der Waals surface area contributed by atoms with E-state index < -0.39 is 42.6 Å². The average Bonchev–Trinajstić information content (AvgIpc) is 2.58. The van der Waals surface area contributed by atoms with Crippen molar-refractivity contribution in [1.82, 2.24) is 0 Å². The van der Waals surface area contributed by atoms with Crippen molar-refractivity contribution in [2.45, 2.75) is 78.0 Å². The zero-order chi connectivity index (χ0) is 16.3. The highest BCUT2D eigenvalue weighted by atomic mass is 16.8. The molecule has 2 saturated heterocycles. The molecule has 0 saturated carbocycles. The summed E-state index contributed by atoms with van der Waals surface area (Å²) in [4.78, 5) is 11.3. The molecule has 2 fully saturated rings. The van der Waals surface area contributed by atoms with Crippen molar-refractivity contribution in [3.8, 4) is 0 Å². The molecule has 6 nitrogen and oxygen atoms in total. The third-order valence-electron chi connectivity index (χ3n) is 4.68. The topological polar surface area (TPSA) is 63.2 Å². The third-order valence-corrected chi connectivity index (χ3v) is 4.68. The lowest BCUT2D eigenvalue weighted by Gasteiger charge is -2.34. The van der Waals surface area contributed by atoms with Crippen LogP contribution in [0, 0.1) is 0 Å². The fraction of sp³-hybridized carbons (Fsp3) is 0.923. The van der Waals surface area contributed by atoms with Gasteiger partial charge < -0.3 is 23.4 Å². The highest BCUT2D eigenvalue weighted by Gasteiger charge is 2.66. The summed E-state index contributed by atoms with van der Waals surface area (Å²) in [5.41, 5.74) is -1.77. The predicted molar refractivity (Wildman–Crippen MR) is 78.3 cm³/mol. The molecule has 21 heavy (non-hydrogen) atoms. The number of hydrogen-bond acceptors (Lipinski definition) is 6. The molecular weight excluding hydrogens is 274 g/mol. The first kappa shape index (κ1) is 16.8. The van der Waals surface area contributed by atoms with E-state index >= 15 is 0 Å². The summed E-state index contributed by atoms with van der Waals surface area (Å²) in [7, 11) is -1.43. The van der Waals surface area contributed by atoms with Crippen LogP contribution in [0.5, 0.6) is 0 Å². The Labute approximate surface area is 127 Å². The first-order valence-electron chi connectivity index (χ1n) is 7.21. The Morgan fingerprint density at radius 1 is 0.762 bits per heavy atom. The number of rotatable bonds is 2. The van der Waals surface area contributed by atoms with Crippen LogP contribution < -0.4 is 0 Å². The maximum atomic E-state index is 11.3. The second-order valence-corrected chi connectivity index (χ2v) is 7.28. The van der Waals surface area contributed by atoms with Crippen molar-refractivity contribution in [1.29, 1.82) is 0 Å². The number of carbonyl (C=O) groups is 1. The number of carbonyl (C=O) groups excluding carboxylic acids is 1. The van der Waals surface area contributed by atoms with Crippen molar-refractivity contribution < 1.29 is 28.1 Å². The van der Waals surface area contributed by atoms with Crippen LogP contribution in [-0.4, -0.2) is 42.6 Å². The maximum Gasteiger partial charge on any atom is 0.491 e. The average molecular weight is 298 g/mol. The van der Waals surface area contributed by atoms with E-state index in [2.05, 4.69) is 0 Å². The van der Waals surface area contributed by atoms with E-state index in [1.54, 1.807) is 20.8 Å². The quantitative estimate of drug-likeness (QED) is 0.571. The fourth-order valence-corrected chi connectivity index (χ4v) is 2.32. The minimum Gasteiger partial charge on any atom is -0.432 e. The number of hydrogen-bond donors (Lipinski definition) is 0. The predicted octanol–water partition coefficient (Wildman–Crippen LogP) is 1.75. The Morgan fingerprint density at radius 2 is 1.14 bits per heavy atom. The Hall–Kier alpha value is -0.560. The molecule has 0 spiro atoms. The molecule has 2 aliphatic heterocycles. The molecule has 2 heterocycles.